The molecule has 0 aromatic carbocycles. The molecule has 1 rings (SSSR count). The van der Waals surface area contributed by atoms with Crippen LogP contribution in [0, 0.1) is 5.92 Å². The Morgan fingerprint density at radius 3 is 2.56 bits per heavy atom. The van der Waals surface area contributed by atoms with Gasteiger partial charge in [-0.2, -0.15) is 0 Å². The van der Waals surface area contributed by atoms with E-state index in [0.717, 1.165) is 26.1 Å². The number of hydrogen-bond acceptors (Lipinski definition) is 3. The summed E-state index contributed by atoms with van der Waals surface area (Å²) in [7, 11) is 0. The van der Waals surface area contributed by atoms with Crippen LogP contribution >= 0.6 is 0 Å². The van der Waals surface area contributed by atoms with E-state index in [1.165, 1.54) is 12.8 Å². The highest BCUT2D eigenvalue weighted by molar-refractivity contribution is 5.83. The van der Waals surface area contributed by atoms with Crippen LogP contribution in [0.2, 0.25) is 0 Å². The van der Waals surface area contributed by atoms with E-state index in [-0.39, 0.29) is 24.7 Å². The molecule has 3 N–H and O–H groups in total. The van der Waals surface area contributed by atoms with Gasteiger partial charge >= 0.3 is 0 Å². The lowest BCUT2D eigenvalue weighted by molar-refractivity contribution is -0.126. The Morgan fingerprint density at radius 2 is 1.94 bits per heavy atom. The molecule has 0 aliphatic carbocycles. The number of amides is 2. The molecule has 0 spiro atoms. The van der Waals surface area contributed by atoms with Gasteiger partial charge in [0, 0.05) is 25.9 Å². The lowest BCUT2D eigenvalue weighted by Gasteiger charge is -2.22. The van der Waals surface area contributed by atoms with E-state index < -0.39 is 0 Å². The standard InChI is InChI=1S/C13H25N3O2/c1-2-7-15-12(17)5-6-13(18)16-10-11-4-3-8-14-9-11/h11,14H,2-10H2,1H3,(H,15,17)(H,16,18). The lowest BCUT2D eigenvalue weighted by Crippen LogP contribution is -2.38. The van der Waals surface area contributed by atoms with Gasteiger partial charge in [0.25, 0.3) is 0 Å². The van der Waals surface area contributed by atoms with Gasteiger partial charge in [-0.3, -0.25) is 9.59 Å². The Bertz CT molecular complexity index is 263. The quantitative estimate of drug-likeness (QED) is 0.617. The largest absolute Gasteiger partial charge is 0.356 e. The van der Waals surface area contributed by atoms with E-state index in [0.29, 0.717) is 12.5 Å². The SMILES string of the molecule is CCCNC(=O)CCC(=O)NCC1CCCNC1. The molecule has 5 nitrogen and oxygen atoms in total. The molecule has 0 radical (unpaired) electrons. The minimum atomic E-state index is -0.0358. The fourth-order valence-corrected chi connectivity index (χ4v) is 2.02. The third-order valence-corrected chi connectivity index (χ3v) is 3.14. The number of rotatable bonds is 7. The van der Waals surface area contributed by atoms with Crippen LogP contribution in [0.15, 0.2) is 0 Å². The number of carbonyl (C=O) groups is 2. The zero-order valence-corrected chi connectivity index (χ0v) is 11.3. The highest BCUT2D eigenvalue weighted by Crippen LogP contribution is 2.08. The molecule has 1 unspecified atom stereocenters. The number of hydrogen-bond donors (Lipinski definition) is 3. The number of piperidine rings is 1. The van der Waals surface area contributed by atoms with Gasteiger partial charge in [-0.25, -0.2) is 0 Å². The smallest absolute Gasteiger partial charge is 0.220 e. The van der Waals surface area contributed by atoms with Crippen molar-refractivity contribution in [3.63, 3.8) is 0 Å². The first-order chi connectivity index (χ1) is 8.72. The summed E-state index contributed by atoms with van der Waals surface area (Å²) in [5.74, 6) is 0.482. The molecule has 0 saturated carbocycles. The molecule has 1 fully saturated rings. The second-order valence-corrected chi connectivity index (χ2v) is 4.87. The van der Waals surface area contributed by atoms with E-state index in [4.69, 9.17) is 0 Å². The molecule has 1 aliphatic heterocycles. The Hall–Kier alpha value is -1.10. The molecule has 0 aromatic rings. The van der Waals surface area contributed by atoms with Crippen molar-refractivity contribution in [1.29, 1.82) is 0 Å². The summed E-state index contributed by atoms with van der Waals surface area (Å²) < 4.78 is 0. The Balaban J connectivity index is 2.04. The van der Waals surface area contributed by atoms with Gasteiger partial charge < -0.3 is 16.0 Å². The van der Waals surface area contributed by atoms with Crippen molar-refractivity contribution in [2.75, 3.05) is 26.2 Å². The van der Waals surface area contributed by atoms with Crippen LogP contribution in [0.25, 0.3) is 0 Å². The first-order valence-electron chi connectivity index (χ1n) is 6.96. The summed E-state index contributed by atoms with van der Waals surface area (Å²) in [5, 5.41) is 8.99. The van der Waals surface area contributed by atoms with Gasteiger partial charge in [0.15, 0.2) is 0 Å². The van der Waals surface area contributed by atoms with E-state index >= 15 is 0 Å². The maximum absolute atomic E-state index is 11.6. The predicted octanol–water partition coefficient (Wildman–Crippen LogP) is 0.409. The molecule has 104 valence electrons. The summed E-state index contributed by atoms with van der Waals surface area (Å²) >= 11 is 0. The van der Waals surface area contributed by atoms with Crippen LogP contribution in [0.4, 0.5) is 0 Å². The topological polar surface area (TPSA) is 70.2 Å². The first-order valence-corrected chi connectivity index (χ1v) is 6.96. The monoisotopic (exact) mass is 255 g/mol. The summed E-state index contributed by atoms with van der Waals surface area (Å²) in [6, 6.07) is 0. The van der Waals surface area contributed by atoms with Crippen molar-refractivity contribution in [3.05, 3.63) is 0 Å². The van der Waals surface area contributed by atoms with Gasteiger partial charge in [-0.05, 0) is 38.3 Å². The van der Waals surface area contributed by atoms with Gasteiger partial charge in [0.1, 0.15) is 0 Å². The third kappa shape index (κ3) is 6.59. The van der Waals surface area contributed by atoms with E-state index in [1.807, 2.05) is 6.92 Å². The molecule has 0 aromatic heterocycles. The van der Waals surface area contributed by atoms with Crippen LogP contribution in [0.3, 0.4) is 0 Å². The van der Waals surface area contributed by atoms with Gasteiger partial charge in [-0.1, -0.05) is 6.92 Å². The van der Waals surface area contributed by atoms with Crippen LogP contribution in [0.1, 0.15) is 39.0 Å². The maximum atomic E-state index is 11.6. The van der Waals surface area contributed by atoms with Crippen molar-refractivity contribution >= 4 is 11.8 Å². The molecule has 0 bridgehead atoms. The number of carbonyl (C=O) groups excluding carboxylic acids is 2. The molecule has 1 saturated heterocycles. The summed E-state index contributed by atoms with van der Waals surface area (Å²) in [6.07, 6.45) is 3.85. The van der Waals surface area contributed by atoms with Crippen LogP contribution in [-0.4, -0.2) is 38.0 Å². The minimum absolute atomic E-state index is 0.0211. The lowest BCUT2D eigenvalue weighted by atomic mass is 10.00. The Morgan fingerprint density at radius 1 is 1.22 bits per heavy atom. The van der Waals surface area contributed by atoms with Crippen molar-refractivity contribution in [2.24, 2.45) is 5.92 Å². The van der Waals surface area contributed by atoms with Crippen molar-refractivity contribution in [1.82, 2.24) is 16.0 Å². The van der Waals surface area contributed by atoms with Crippen LogP contribution in [-0.2, 0) is 9.59 Å². The second kappa shape index (κ2) is 8.91. The predicted molar refractivity (Wildman–Crippen MR) is 71.1 cm³/mol. The summed E-state index contributed by atoms with van der Waals surface area (Å²) in [4.78, 5) is 22.9. The molecular formula is C13H25N3O2. The van der Waals surface area contributed by atoms with Gasteiger partial charge in [0.2, 0.25) is 11.8 Å². The highest BCUT2D eigenvalue weighted by atomic mass is 16.2. The van der Waals surface area contributed by atoms with E-state index in [9.17, 15) is 9.59 Å². The average Bonchev–Trinajstić information content (AvgIpc) is 2.41. The Kier molecular flexibility index (Phi) is 7.41. The minimum Gasteiger partial charge on any atom is -0.356 e. The fraction of sp³-hybridized carbons (Fsp3) is 0.846. The normalized spacial score (nSPS) is 19.3. The molecule has 1 atom stereocenters. The first kappa shape index (κ1) is 15.0. The van der Waals surface area contributed by atoms with Gasteiger partial charge in [0.05, 0.1) is 0 Å². The zero-order chi connectivity index (χ0) is 13.2. The van der Waals surface area contributed by atoms with E-state index in [1.54, 1.807) is 0 Å². The second-order valence-electron chi connectivity index (χ2n) is 4.87. The molecule has 2 amide bonds. The molecular weight excluding hydrogens is 230 g/mol. The average molecular weight is 255 g/mol. The third-order valence-electron chi connectivity index (χ3n) is 3.14. The maximum Gasteiger partial charge on any atom is 0.220 e. The van der Waals surface area contributed by atoms with Crippen molar-refractivity contribution in [3.8, 4) is 0 Å². The van der Waals surface area contributed by atoms with Gasteiger partial charge in [-0.15, -0.1) is 0 Å². The molecule has 1 heterocycles. The summed E-state index contributed by atoms with van der Waals surface area (Å²) in [5.41, 5.74) is 0. The molecule has 18 heavy (non-hydrogen) atoms. The van der Waals surface area contributed by atoms with Crippen LogP contribution < -0.4 is 16.0 Å². The van der Waals surface area contributed by atoms with Crippen molar-refractivity contribution < 1.29 is 9.59 Å². The van der Waals surface area contributed by atoms with Crippen LogP contribution in [0.5, 0.6) is 0 Å². The molecule has 1 aliphatic rings. The van der Waals surface area contributed by atoms with Crippen molar-refractivity contribution in [2.45, 2.75) is 39.0 Å². The molecule has 5 heteroatoms. The fourth-order valence-electron chi connectivity index (χ4n) is 2.02. The number of nitrogens with one attached hydrogen (secondary N) is 3. The highest BCUT2D eigenvalue weighted by Gasteiger charge is 2.14. The Labute approximate surface area is 109 Å². The van der Waals surface area contributed by atoms with E-state index in [2.05, 4.69) is 16.0 Å². The summed E-state index contributed by atoms with van der Waals surface area (Å²) in [6.45, 7) is 5.49. The zero-order valence-electron chi connectivity index (χ0n) is 11.3.